The van der Waals surface area contributed by atoms with Crippen molar-refractivity contribution >= 4 is 34.3 Å². The van der Waals surface area contributed by atoms with Crippen LogP contribution in [0.4, 0.5) is 0 Å². The number of likely N-dealkylation sites (tertiary alicyclic amines) is 1. The van der Waals surface area contributed by atoms with Crippen molar-refractivity contribution in [3.63, 3.8) is 0 Å². The lowest BCUT2D eigenvalue weighted by molar-refractivity contribution is -0.129. The van der Waals surface area contributed by atoms with Gasteiger partial charge in [0.2, 0.25) is 0 Å². The van der Waals surface area contributed by atoms with E-state index in [4.69, 9.17) is 10.5 Å². The molecule has 3 N–H and O–H groups in total. The molecule has 3 aliphatic rings. The molecule has 8 heteroatoms. The van der Waals surface area contributed by atoms with Gasteiger partial charge >= 0.3 is 0 Å². The Hall–Kier alpha value is -1.51. The van der Waals surface area contributed by atoms with E-state index in [1.165, 1.54) is 7.11 Å². The maximum absolute atomic E-state index is 12.2. The van der Waals surface area contributed by atoms with Crippen LogP contribution < -0.4 is 11.1 Å². The van der Waals surface area contributed by atoms with Crippen molar-refractivity contribution in [1.82, 2.24) is 10.2 Å². The number of methoxy groups -OCH3 is 1. The number of halogens is 1. The number of rotatable bonds is 4. The lowest BCUT2D eigenvalue weighted by Gasteiger charge is -2.37. The third-order valence-corrected chi connectivity index (χ3v) is 5.04. The normalized spacial score (nSPS) is 27.6. The molecule has 1 fully saturated rings. The molecule has 3 rings (SSSR count). The first-order valence-corrected chi connectivity index (χ1v) is 8.85. The van der Waals surface area contributed by atoms with Crippen molar-refractivity contribution < 1.29 is 9.53 Å². The Bertz CT molecular complexity index is 655. The van der Waals surface area contributed by atoms with Gasteiger partial charge in [-0.05, 0) is 35.7 Å². The summed E-state index contributed by atoms with van der Waals surface area (Å²) >= 11 is 3.60. The van der Waals surface area contributed by atoms with E-state index in [0.29, 0.717) is 5.70 Å². The van der Waals surface area contributed by atoms with Crippen LogP contribution in [0.25, 0.3) is 0 Å². The second-order valence-corrected chi connectivity index (χ2v) is 7.02. The van der Waals surface area contributed by atoms with Gasteiger partial charge in [0.15, 0.2) is 6.17 Å². The molecule has 0 bridgehead atoms. The minimum absolute atomic E-state index is 0.151. The van der Waals surface area contributed by atoms with Gasteiger partial charge in [-0.15, -0.1) is 0 Å². The number of hydrogen-bond acceptors (Lipinski definition) is 6. The summed E-state index contributed by atoms with van der Waals surface area (Å²) in [6.45, 7) is 3.42. The van der Waals surface area contributed by atoms with E-state index in [9.17, 15) is 4.79 Å². The standard InChI is InChI=1S/C16H22BrN5O2/c1-9(24-2)16(23)21-12-7-20-15-13(12)14(11(17)6-19-15)22-5-3-4-10(18)8-22/h6-7,9-10,15H,3-5,8,18H2,1-2H3,(H,21,23)/t9-,10-,15?/m0/s1. The van der Waals surface area contributed by atoms with Crippen molar-refractivity contribution in [3.8, 4) is 0 Å². The minimum atomic E-state index is -0.531. The zero-order chi connectivity index (χ0) is 17.3. The summed E-state index contributed by atoms with van der Waals surface area (Å²) in [6.07, 6.45) is 4.69. The van der Waals surface area contributed by atoms with Gasteiger partial charge in [-0.3, -0.25) is 14.8 Å². The number of nitrogens with one attached hydrogen (secondary N) is 1. The smallest absolute Gasteiger partial charge is 0.253 e. The molecule has 0 aliphatic carbocycles. The molecule has 0 saturated carbocycles. The van der Waals surface area contributed by atoms with Crippen molar-refractivity contribution in [3.05, 3.63) is 21.4 Å². The van der Waals surface area contributed by atoms with Crippen molar-refractivity contribution in [1.29, 1.82) is 0 Å². The molecule has 130 valence electrons. The Morgan fingerprint density at radius 1 is 1.50 bits per heavy atom. The molecule has 1 amide bonds. The predicted octanol–water partition coefficient (Wildman–Crippen LogP) is 0.916. The summed E-state index contributed by atoms with van der Waals surface area (Å²) in [5.74, 6) is -0.201. The van der Waals surface area contributed by atoms with Crippen LogP contribution in [0, 0.1) is 0 Å². The first-order chi connectivity index (χ1) is 11.5. The SMILES string of the molecule is CO[C@@H](C)C(=O)NC1=C2C(N3CCC[C@H](N)C3)=C(Br)C=NC2N=C1. The van der Waals surface area contributed by atoms with Crippen LogP contribution in [0.15, 0.2) is 31.4 Å². The maximum Gasteiger partial charge on any atom is 0.253 e. The van der Waals surface area contributed by atoms with E-state index in [1.54, 1.807) is 19.4 Å². The number of nitrogens with two attached hydrogens (primary N) is 1. The first kappa shape index (κ1) is 17.3. The third kappa shape index (κ3) is 3.31. The predicted molar refractivity (Wildman–Crippen MR) is 97.1 cm³/mol. The van der Waals surface area contributed by atoms with Crippen LogP contribution >= 0.6 is 15.9 Å². The summed E-state index contributed by atoms with van der Waals surface area (Å²) < 4.78 is 5.97. The van der Waals surface area contributed by atoms with Gasteiger partial charge < -0.3 is 20.7 Å². The highest BCUT2D eigenvalue weighted by Crippen LogP contribution is 2.35. The molecule has 0 aromatic carbocycles. The van der Waals surface area contributed by atoms with E-state index in [2.05, 4.69) is 36.1 Å². The Kier molecular flexibility index (Phi) is 5.17. The molecule has 7 nitrogen and oxygen atoms in total. The van der Waals surface area contributed by atoms with Crippen LogP contribution in [-0.2, 0) is 9.53 Å². The average Bonchev–Trinajstić information content (AvgIpc) is 2.96. The highest BCUT2D eigenvalue weighted by Gasteiger charge is 2.34. The second-order valence-electron chi connectivity index (χ2n) is 6.17. The number of piperidine rings is 1. The van der Waals surface area contributed by atoms with E-state index < -0.39 is 6.10 Å². The quantitative estimate of drug-likeness (QED) is 0.739. The number of dihydropyridines is 1. The fourth-order valence-electron chi connectivity index (χ4n) is 3.09. The summed E-state index contributed by atoms with van der Waals surface area (Å²) in [4.78, 5) is 23.3. The molecule has 0 radical (unpaired) electrons. The van der Waals surface area contributed by atoms with Gasteiger partial charge in [0.05, 0.1) is 15.9 Å². The van der Waals surface area contributed by atoms with Crippen LogP contribution in [0.2, 0.25) is 0 Å². The van der Waals surface area contributed by atoms with Gasteiger partial charge in [0, 0.05) is 44.2 Å². The molecule has 0 aromatic heterocycles. The number of carbonyl (C=O) groups is 1. The monoisotopic (exact) mass is 395 g/mol. The number of carbonyl (C=O) groups excluding carboxylic acids is 1. The second kappa shape index (κ2) is 7.16. The molecule has 1 unspecified atom stereocenters. The molecular weight excluding hydrogens is 374 g/mol. The largest absolute Gasteiger partial charge is 0.372 e. The van der Waals surface area contributed by atoms with Gasteiger partial charge in [-0.2, -0.15) is 0 Å². The van der Waals surface area contributed by atoms with Crippen molar-refractivity contribution in [2.45, 2.75) is 38.1 Å². The van der Waals surface area contributed by atoms with E-state index in [-0.39, 0.29) is 18.1 Å². The number of allylic oxidation sites excluding steroid dienone is 2. The van der Waals surface area contributed by atoms with Crippen molar-refractivity contribution in [2.75, 3.05) is 20.2 Å². The molecular formula is C16H22BrN5O2. The molecule has 3 atom stereocenters. The molecule has 3 heterocycles. The first-order valence-electron chi connectivity index (χ1n) is 8.06. The molecule has 0 aromatic rings. The zero-order valence-electron chi connectivity index (χ0n) is 13.8. The minimum Gasteiger partial charge on any atom is -0.372 e. The third-order valence-electron chi connectivity index (χ3n) is 4.46. The zero-order valence-corrected chi connectivity index (χ0v) is 15.4. The molecule has 1 saturated heterocycles. The lowest BCUT2D eigenvalue weighted by atomic mass is 10.0. The lowest BCUT2D eigenvalue weighted by Crippen LogP contribution is -2.44. The van der Waals surface area contributed by atoms with Crippen LogP contribution in [0.3, 0.4) is 0 Å². The number of nitrogens with zero attached hydrogens (tertiary/aromatic N) is 3. The average molecular weight is 396 g/mol. The van der Waals surface area contributed by atoms with Gasteiger partial charge in [-0.1, -0.05) is 0 Å². The number of ether oxygens (including phenoxy) is 1. The van der Waals surface area contributed by atoms with E-state index in [0.717, 1.165) is 41.7 Å². The molecule has 0 spiro atoms. The van der Waals surface area contributed by atoms with Gasteiger partial charge in [0.1, 0.15) is 6.10 Å². The maximum atomic E-state index is 12.2. The number of hydrogen-bond donors (Lipinski definition) is 2. The fourth-order valence-corrected chi connectivity index (χ4v) is 3.68. The Morgan fingerprint density at radius 2 is 2.25 bits per heavy atom. The van der Waals surface area contributed by atoms with E-state index >= 15 is 0 Å². The topological polar surface area (TPSA) is 92.3 Å². The fraction of sp³-hybridized carbons (Fsp3) is 0.562. The summed E-state index contributed by atoms with van der Waals surface area (Å²) in [6, 6.07) is 0.151. The molecule has 3 aliphatic heterocycles. The van der Waals surface area contributed by atoms with Crippen LogP contribution in [-0.4, -0.2) is 61.7 Å². The highest BCUT2D eigenvalue weighted by molar-refractivity contribution is 9.12. The van der Waals surface area contributed by atoms with E-state index in [1.807, 2.05) is 0 Å². The highest BCUT2D eigenvalue weighted by atomic mass is 79.9. The molecule has 24 heavy (non-hydrogen) atoms. The summed E-state index contributed by atoms with van der Waals surface area (Å²) in [7, 11) is 1.51. The number of fused-ring (bicyclic) bond motifs is 1. The summed E-state index contributed by atoms with van der Waals surface area (Å²) in [5.41, 5.74) is 8.75. The number of amides is 1. The number of aliphatic imine (C=N–C) groups is 2. The van der Waals surface area contributed by atoms with Crippen molar-refractivity contribution in [2.24, 2.45) is 15.7 Å². The Morgan fingerprint density at radius 3 is 2.96 bits per heavy atom. The Labute approximate surface area is 149 Å². The van der Waals surface area contributed by atoms with Crippen LogP contribution in [0.5, 0.6) is 0 Å². The van der Waals surface area contributed by atoms with Crippen LogP contribution in [0.1, 0.15) is 19.8 Å². The Balaban J connectivity index is 1.92. The summed E-state index contributed by atoms with van der Waals surface area (Å²) in [5, 5.41) is 2.91. The van der Waals surface area contributed by atoms with Gasteiger partial charge in [-0.25, -0.2) is 0 Å². The van der Waals surface area contributed by atoms with Gasteiger partial charge in [0.25, 0.3) is 5.91 Å².